The Balaban J connectivity index is 1.06. The van der Waals surface area contributed by atoms with Crippen LogP contribution >= 0.6 is 23.2 Å². The van der Waals surface area contributed by atoms with Crippen LogP contribution < -0.4 is 15.6 Å². The summed E-state index contributed by atoms with van der Waals surface area (Å²) in [4.78, 5) is 37.5. The molecule has 2 saturated carbocycles. The number of nitrogens with zero attached hydrogens (tertiary/aromatic N) is 5. The summed E-state index contributed by atoms with van der Waals surface area (Å²) in [7, 11) is 4.79. The van der Waals surface area contributed by atoms with Gasteiger partial charge in [0.05, 0.1) is 52.6 Å². The molecule has 4 heterocycles. The van der Waals surface area contributed by atoms with Crippen molar-refractivity contribution in [3.05, 3.63) is 92.5 Å². The molecule has 2 aromatic carbocycles. The van der Waals surface area contributed by atoms with E-state index >= 15 is 0 Å². The van der Waals surface area contributed by atoms with Crippen LogP contribution in [-0.2, 0) is 29.5 Å². The Hall–Kier alpha value is -4.51. The summed E-state index contributed by atoms with van der Waals surface area (Å²) in [6, 6.07) is 15.4. The van der Waals surface area contributed by atoms with Crippen LogP contribution in [0.3, 0.4) is 0 Å². The molecule has 3 aliphatic rings. The first-order valence-corrected chi connectivity index (χ1v) is 18.4. The van der Waals surface area contributed by atoms with Gasteiger partial charge in [-0.2, -0.15) is 5.10 Å². The average Bonchev–Trinajstić information content (AvgIpc) is 3.74. The van der Waals surface area contributed by atoms with E-state index in [2.05, 4.69) is 26.4 Å². The van der Waals surface area contributed by atoms with E-state index in [1.165, 1.54) is 17.4 Å². The average molecular weight is 740 g/mol. The van der Waals surface area contributed by atoms with Crippen LogP contribution in [0.1, 0.15) is 49.7 Å². The van der Waals surface area contributed by atoms with Gasteiger partial charge >= 0.3 is 5.97 Å². The number of halogens is 2. The largest absolute Gasteiger partial charge is 0.481 e. The molecular formula is C40H40Cl2N6O4. The van der Waals surface area contributed by atoms with Crippen LogP contribution in [-0.4, -0.2) is 57.9 Å². The Morgan fingerprint density at radius 2 is 1.75 bits per heavy atom. The van der Waals surface area contributed by atoms with E-state index in [9.17, 15) is 9.59 Å². The molecule has 0 saturated heterocycles. The lowest BCUT2D eigenvalue weighted by Crippen LogP contribution is -2.34. The number of rotatable bonds is 9. The zero-order chi connectivity index (χ0) is 36.2. The van der Waals surface area contributed by atoms with Gasteiger partial charge in [0, 0.05) is 54.0 Å². The van der Waals surface area contributed by atoms with Crippen LogP contribution in [0.2, 0.25) is 10.0 Å². The fourth-order valence-corrected chi connectivity index (χ4v) is 9.42. The Labute approximate surface area is 312 Å². The van der Waals surface area contributed by atoms with E-state index in [4.69, 9.17) is 37.7 Å². The van der Waals surface area contributed by atoms with E-state index < -0.39 is 0 Å². The number of benzene rings is 2. The van der Waals surface area contributed by atoms with Crippen molar-refractivity contribution in [1.82, 2.24) is 24.6 Å². The van der Waals surface area contributed by atoms with Crippen LogP contribution in [0.5, 0.6) is 5.88 Å². The number of pyridine rings is 2. The van der Waals surface area contributed by atoms with Crippen LogP contribution in [0.15, 0.2) is 65.7 Å². The van der Waals surface area contributed by atoms with Crippen molar-refractivity contribution >= 4 is 51.4 Å². The van der Waals surface area contributed by atoms with Crippen LogP contribution in [0.4, 0.5) is 11.5 Å². The highest BCUT2D eigenvalue weighted by Crippen LogP contribution is 2.63. The number of carbonyl (C=O) groups excluding carboxylic acids is 1. The van der Waals surface area contributed by atoms with Crippen LogP contribution in [0.25, 0.3) is 33.2 Å². The monoisotopic (exact) mass is 738 g/mol. The number of hydrogen-bond donors (Lipinski definition) is 1. The summed E-state index contributed by atoms with van der Waals surface area (Å²) >= 11 is 14.3. The highest BCUT2D eigenvalue weighted by molar-refractivity contribution is 6.39. The van der Waals surface area contributed by atoms with Gasteiger partial charge < -0.3 is 14.8 Å². The van der Waals surface area contributed by atoms with Gasteiger partial charge in [-0.25, -0.2) is 14.6 Å². The molecule has 0 amide bonds. The van der Waals surface area contributed by atoms with Gasteiger partial charge in [0.25, 0.3) is 5.56 Å². The molecule has 0 atom stereocenters. The normalized spacial score (nSPS) is 20.9. The summed E-state index contributed by atoms with van der Waals surface area (Å²) < 4.78 is 12.3. The Kier molecular flexibility index (Phi) is 8.96. The summed E-state index contributed by atoms with van der Waals surface area (Å²) in [5.41, 5.74) is 5.57. The maximum atomic E-state index is 13.0. The van der Waals surface area contributed by atoms with Gasteiger partial charge in [-0.15, -0.1) is 0 Å². The molecule has 0 spiro atoms. The molecule has 1 aliphatic heterocycles. The molecule has 52 heavy (non-hydrogen) atoms. The maximum absolute atomic E-state index is 13.0. The molecule has 0 unspecified atom stereocenters. The predicted molar refractivity (Wildman–Crippen MR) is 203 cm³/mol. The molecule has 5 aromatic rings. The van der Waals surface area contributed by atoms with E-state index in [-0.39, 0.29) is 22.4 Å². The second kappa shape index (κ2) is 13.5. The van der Waals surface area contributed by atoms with Gasteiger partial charge in [-0.05, 0) is 80.7 Å². The van der Waals surface area contributed by atoms with E-state index in [0.29, 0.717) is 38.2 Å². The topological polar surface area (TPSA) is 111 Å². The van der Waals surface area contributed by atoms with Crippen molar-refractivity contribution in [3.63, 3.8) is 0 Å². The minimum atomic E-state index is -0.265. The Morgan fingerprint density at radius 1 is 1.00 bits per heavy atom. The summed E-state index contributed by atoms with van der Waals surface area (Å²) in [5.74, 6) is 0.985. The third kappa shape index (κ3) is 5.90. The standard InChI is InChI=1S/C40H40Cl2N6O4/c1-47-37(49)32-24(21-44-47)10-17-43-35(32)45-30-9-5-7-28(34(30)42)27-6-4-8-29(33(27)41)31-20-25-22-48(18-11-26(25)36(46-31)51-2)19-16-39-12-14-40(23-39,15-13-39)38(50)52-3/h4-10,17,20-21H,11-16,18-19,22-23H2,1-3H3,(H,43,45). The fourth-order valence-electron chi connectivity index (χ4n) is 8.82. The number of aromatic nitrogens is 4. The van der Waals surface area contributed by atoms with E-state index in [1.54, 1.807) is 32.6 Å². The zero-order valence-corrected chi connectivity index (χ0v) is 31.0. The molecule has 12 heteroatoms. The summed E-state index contributed by atoms with van der Waals surface area (Å²) in [6.45, 7) is 2.70. The minimum Gasteiger partial charge on any atom is -0.481 e. The number of methoxy groups -OCH3 is 2. The quantitative estimate of drug-likeness (QED) is 0.151. The van der Waals surface area contributed by atoms with E-state index in [0.717, 1.165) is 92.5 Å². The third-order valence-corrected chi connectivity index (χ3v) is 12.5. The molecular weight excluding hydrogens is 699 g/mol. The fraction of sp³-hybridized carbons (Fsp3) is 0.375. The van der Waals surface area contributed by atoms with Gasteiger partial charge in [-0.3, -0.25) is 14.5 Å². The molecule has 10 nitrogen and oxygen atoms in total. The van der Waals surface area contributed by atoms with Gasteiger partial charge in [0.15, 0.2) is 0 Å². The number of fused-ring (bicyclic) bond motifs is 4. The first kappa shape index (κ1) is 34.6. The molecule has 0 radical (unpaired) electrons. The summed E-state index contributed by atoms with van der Waals surface area (Å²) in [6.07, 6.45) is 10.2. The lowest BCUT2D eigenvalue weighted by molar-refractivity contribution is -0.152. The molecule has 268 valence electrons. The number of ether oxygens (including phenoxy) is 2. The lowest BCUT2D eigenvalue weighted by Gasteiger charge is -2.33. The number of hydrogen-bond acceptors (Lipinski definition) is 9. The maximum Gasteiger partial charge on any atom is 0.311 e. The highest BCUT2D eigenvalue weighted by atomic mass is 35.5. The van der Waals surface area contributed by atoms with Gasteiger partial charge in [-0.1, -0.05) is 53.5 Å². The van der Waals surface area contributed by atoms with Crippen molar-refractivity contribution in [2.45, 2.75) is 51.5 Å². The van der Waals surface area contributed by atoms with Crippen molar-refractivity contribution in [2.24, 2.45) is 17.9 Å². The highest BCUT2D eigenvalue weighted by Gasteiger charge is 2.58. The van der Waals surface area contributed by atoms with Crippen molar-refractivity contribution in [2.75, 3.05) is 32.6 Å². The van der Waals surface area contributed by atoms with Crippen molar-refractivity contribution in [1.29, 1.82) is 0 Å². The Morgan fingerprint density at radius 3 is 2.52 bits per heavy atom. The second-order valence-electron chi connectivity index (χ2n) is 14.5. The molecule has 8 rings (SSSR count). The lowest BCUT2D eigenvalue weighted by atomic mass is 9.80. The Bertz CT molecular complexity index is 2280. The van der Waals surface area contributed by atoms with Crippen molar-refractivity contribution in [3.8, 4) is 28.3 Å². The number of aryl methyl sites for hydroxylation is 1. The van der Waals surface area contributed by atoms with E-state index in [1.807, 2.05) is 36.4 Å². The number of carbonyl (C=O) groups is 1. The molecule has 2 aliphatic carbocycles. The first-order valence-electron chi connectivity index (χ1n) is 17.7. The van der Waals surface area contributed by atoms with Crippen molar-refractivity contribution < 1.29 is 14.3 Å². The number of esters is 1. The first-order chi connectivity index (χ1) is 25.1. The molecule has 1 N–H and O–H groups in total. The molecule has 2 bridgehead atoms. The smallest absolute Gasteiger partial charge is 0.311 e. The number of anilines is 2. The predicted octanol–water partition coefficient (Wildman–Crippen LogP) is 7.99. The van der Waals surface area contributed by atoms with Gasteiger partial charge in [0.2, 0.25) is 5.88 Å². The van der Waals surface area contributed by atoms with Crippen LogP contribution in [0, 0.1) is 10.8 Å². The third-order valence-electron chi connectivity index (χ3n) is 11.7. The summed E-state index contributed by atoms with van der Waals surface area (Å²) in [5, 5.41) is 9.45. The molecule has 3 aromatic heterocycles. The zero-order valence-electron chi connectivity index (χ0n) is 29.5. The molecule has 2 fully saturated rings. The second-order valence-corrected chi connectivity index (χ2v) is 15.3. The SMILES string of the molecule is COC(=O)C12CCC(CCN3CCc4c(cc(-c5cccc(-c6cccc(Nc7nccc8cnn(C)c(=O)c78)c6Cl)c5Cl)nc4OC)C3)(CC1)C2. The minimum absolute atomic E-state index is 0.0234. The number of nitrogens with one attached hydrogen (secondary N) is 1. The van der Waals surface area contributed by atoms with Gasteiger partial charge in [0.1, 0.15) is 5.82 Å².